The van der Waals surface area contributed by atoms with Crippen LogP contribution in [0.2, 0.25) is 0 Å². The average Bonchev–Trinajstić information content (AvgIpc) is 2.45. The molecule has 0 fully saturated rings. The van der Waals surface area contributed by atoms with Crippen LogP contribution >= 0.6 is 0 Å². The molecule has 2 N–H and O–H groups in total. The predicted molar refractivity (Wildman–Crippen MR) is 77.8 cm³/mol. The molecule has 1 aromatic heterocycles. The molecule has 2 aromatic rings. The highest BCUT2D eigenvalue weighted by molar-refractivity contribution is 5.88. The van der Waals surface area contributed by atoms with E-state index in [-0.39, 0.29) is 6.03 Å². The standard InChI is InChI=1S/C15H17N3O2/c1-11-6-7-16-14(8-11)18-15(19)17-10-12-4-3-5-13(9-12)20-2/h3-9H,10H2,1-2H3,(H2,16,17,18,19). The maximum absolute atomic E-state index is 11.8. The Morgan fingerprint density at radius 2 is 2.15 bits per heavy atom. The Bertz CT molecular complexity index is 599. The molecular formula is C15H17N3O2. The summed E-state index contributed by atoms with van der Waals surface area (Å²) in [6.07, 6.45) is 1.66. The number of methoxy groups -OCH3 is 1. The van der Waals surface area contributed by atoms with E-state index in [1.54, 1.807) is 13.3 Å². The van der Waals surface area contributed by atoms with Crippen molar-refractivity contribution in [2.24, 2.45) is 0 Å². The number of urea groups is 1. The molecule has 20 heavy (non-hydrogen) atoms. The summed E-state index contributed by atoms with van der Waals surface area (Å²) in [6.45, 7) is 2.37. The Morgan fingerprint density at radius 1 is 1.30 bits per heavy atom. The van der Waals surface area contributed by atoms with Crippen LogP contribution < -0.4 is 15.4 Å². The number of anilines is 1. The van der Waals surface area contributed by atoms with Crippen molar-refractivity contribution in [1.82, 2.24) is 10.3 Å². The summed E-state index contributed by atoms with van der Waals surface area (Å²) in [4.78, 5) is 15.8. The Balaban J connectivity index is 1.88. The molecule has 0 bridgehead atoms. The molecule has 5 heteroatoms. The van der Waals surface area contributed by atoms with Crippen LogP contribution in [-0.4, -0.2) is 18.1 Å². The van der Waals surface area contributed by atoms with E-state index < -0.39 is 0 Å². The number of rotatable bonds is 4. The molecule has 0 unspecified atom stereocenters. The summed E-state index contributed by atoms with van der Waals surface area (Å²) >= 11 is 0. The van der Waals surface area contributed by atoms with Gasteiger partial charge < -0.3 is 10.1 Å². The second kappa shape index (κ2) is 6.56. The Labute approximate surface area is 118 Å². The molecule has 0 atom stereocenters. The summed E-state index contributed by atoms with van der Waals surface area (Å²) < 4.78 is 5.13. The van der Waals surface area contributed by atoms with E-state index in [0.29, 0.717) is 12.4 Å². The highest BCUT2D eigenvalue weighted by Crippen LogP contribution is 2.12. The monoisotopic (exact) mass is 271 g/mol. The van der Waals surface area contributed by atoms with Crippen LogP contribution in [0, 0.1) is 6.92 Å². The first-order chi connectivity index (χ1) is 9.67. The van der Waals surface area contributed by atoms with Crippen molar-refractivity contribution < 1.29 is 9.53 Å². The van der Waals surface area contributed by atoms with Crippen molar-refractivity contribution in [2.75, 3.05) is 12.4 Å². The fourth-order valence-corrected chi connectivity index (χ4v) is 1.73. The van der Waals surface area contributed by atoms with E-state index in [1.807, 2.05) is 43.3 Å². The number of carbonyl (C=O) groups excluding carboxylic acids is 1. The van der Waals surface area contributed by atoms with Gasteiger partial charge in [0.25, 0.3) is 0 Å². The third kappa shape index (κ3) is 3.98. The zero-order valence-corrected chi connectivity index (χ0v) is 11.5. The lowest BCUT2D eigenvalue weighted by Gasteiger charge is -2.08. The number of amides is 2. The van der Waals surface area contributed by atoms with E-state index in [1.165, 1.54) is 0 Å². The third-order valence-corrected chi connectivity index (χ3v) is 2.74. The number of nitrogens with one attached hydrogen (secondary N) is 2. The van der Waals surface area contributed by atoms with Crippen molar-refractivity contribution in [3.8, 4) is 5.75 Å². The molecule has 0 aliphatic carbocycles. The van der Waals surface area contributed by atoms with Gasteiger partial charge in [-0.1, -0.05) is 12.1 Å². The smallest absolute Gasteiger partial charge is 0.320 e. The molecule has 1 aromatic carbocycles. The highest BCUT2D eigenvalue weighted by Gasteiger charge is 2.03. The van der Waals surface area contributed by atoms with Crippen LogP contribution in [0.1, 0.15) is 11.1 Å². The number of aryl methyl sites for hydroxylation is 1. The molecule has 104 valence electrons. The Kier molecular flexibility index (Phi) is 4.55. The van der Waals surface area contributed by atoms with Crippen molar-refractivity contribution in [3.05, 3.63) is 53.7 Å². The van der Waals surface area contributed by atoms with E-state index >= 15 is 0 Å². The van der Waals surface area contributed by atoms with Crippen molar-refractivity contribution in [1.29, 1.82) is 0 Å². The molecule has 5 nitrogen and oxygen atoms in total. The number of ether oxygens (including phenoxy) is 1. The van der Waals surface area contributed by atoms with Crippen LogP contribution in [0.4, 0.5) is 10.6 Å². The van der Waals surface area contributed by atoms with Gasteiger partial charge in [0, 0.05) is 12.7 Å². The van der Waals surface area contributed by atoms with Crippen molar-refractivity contribution in [2.45, 2.75) is 13.5 Å². The van der Waals surface area contributed by atoms with Crippen LogP contribution in [-0.2, 0) is 6.54 Å². The van der Waals surface area contributed by atoms with Crippen LogP contribution in [0.15, 0.2) is 42.6 Å². The first-order valence-electron chi connectivity index (χ1n) is 6.28. The quantitative estimate of drug-likeness (QED) is 0.898. The minimum atomic E-state index is -0.286. The van der Waals surface area contributed by atoms with Crippen molar-refractivity contribution in [3.63, 3.8) is 0 Å². The summed E-state index contributed by atoms with van der Waals surface area (Å²) in [6, 6.07) is 10.9. The molecule has 0 saturated carbocycles. The van der Waals surface area contributed by atoms with Gasteiger partial charge in [-0.3, -0.25) is 5.32 Å². The molecule has 0 saturated heterocycles. The minimum absolute atomic E-state index is 0.286. The lowest BCUT2D eigenvalue weighted by atomic mass is 10.2. The number of aromatic nitrogens is 1. The SMILES string of the molecule is COc1cccc(CNC(=O)Nc2cc(C)ccn2)c1. The van der Waals surface area contributed by atoms with Gasteiger partial charge in [-0.15, -0.1) is 0 Å². The maximum atomic E-state index is 11.8. The Hall–Kier alpha value is -2.56. The third-order valence-electron chi connectivity index (χ3n) is 2.74. The van der Waals surface area contributed by atoms with E-state index in [0.717, 1.165) is 16.9 Å². The molecule has 0 aliphatic rings. The zero-order valence-electron chi connectivity index (χ0n) is 11.5. The first-order valence-corrected chi connectivity index (χ1v) is 6.28. The summed E-state index contributed by atoms with van der Waals surface area (Å²) in [5.41, 5.74) is 2.01. The van der Waals surface area contributed by atoms with E-state index in [4.69, 9.17) is 4.74 Å². The van der Waals surface area contributed by atoms with Gasteiger partial charge in [0.15, 0.2) is 0 Å². The Morgan fingerprint density at radius 3 is 2.90 bits per heavy atom. The first kappa shape index (κ1) is 13.9. The number of hydrogen-bond donors (Lipinski definition) is 2. The topological polar surface area (TPSA) is 63.2 Å². The molecule has 1 heterocycles. The summed E-state index contributed by atoms with van der Waals surface area (Å²) in [7, 11) is 1.61. The normalized spacial score (nSPS) is 9.90. The maximum Gasteiger partial charge on any atom is 0.320 e. The van der Waals surface area contributed by atoms with Crippen LogP contribution in [0.5, 0.6) is 5.75 Å². The lowest BCUT2D eigenvalue weighted by Crippen LogP contribution is -2.28. The molecule has 2 rings (SSSR count). The zero-order chi connectivity index (χ0) is 14.4. The average molecular weight is 271 g/mol. The second-order valence-corrected chi connectivity index (χ2v) is 4.38. The van der Waals surface area contributed by atoms with Crippen LogP contribution in [0.3, 0.4) is 0 Å². The molecule has 0 radical (unpaired) electrons. The van der Waals surface area contributed by atoms with Crippen LogP contribution in [0.25, 0.3) is 0 Å². The highest BCUT2D eigenvalue weighted by atomic mass is 16.5. The lowest BCUT2D eigenvalue weighted by molar-refractivity contribution is 0.251. The molecule has 2 amide bonds. The minimum Gasteiger partial charge on any atom is -0.497 e. The van der Waals surface area contributed by atoms with E-state index in [9.17, 15) is 4.79 Å². The fourth-order valence-electron chi connectivity index (χ4n) is 1.73. The van der Waals surface area contributed by atoms with Gasteiger partial charge in [0.05, 0.1) is 7.11 Å². The summed E-state index contributed by atoms with van der Waals surface area (Å²) in [5, 5.41) is 5.46. The predicted octanol–water partition coefficient (Wildman–Crippen LogP) is 2.72. The molecule has 0 aliphatic heterocycles. The van der Waals surface area contributed by atoms with Crippen molar-refractivity contribution >= 4 is 11.8 Å². The van der Waals surface area contributed by atoms with Gasteiger partial charge in [-0.2, -0.15) is 0 Å². The fraction of sp³-hybridized carbons (Fsp3) is 0.200. The van der Waals surface area contributed by atoms with Gasteiger partial charge in [-0.25, -0.2) is 9.78 Å². The number of hydrogen-bond acceptors (Lipinski definition) is 3. The molecule has 0 spiro atoms. The number of carbonyl (C=O) groups is 1. The van der Waals surface area contributed by atoms with Gasteiger partial charge in [0.1, 0.15) is 11.6 Å². The number of benzene rings is 1. The van der Waals surface area contributed by atoms with Gasteiger partial charge >= 0.3 is 6.03 Å². The van der Waals surface area contributed by atoms with Gasteiger partial charge in [-0.05, 0) is 42.3 Å². The largest absolute Gasteiger partial charge is 0.497 e. The summed E-state index contributed by atoms with van der Waals surface area (Å²) in [5.74, 6) is 1.30. The number of nitrogens with zero attached hydrogens (tertiary/aromatic N) is 1. The molecular weight excluding hydrogens is 254 g/mol. The number of pyridine rings is 1. The van der Waals surface area contributed by atoms with E-state index in [2.05, 4.69) is 15.6 Å². The second-order valence-electron chi connectivity index (χ2n) is 4.38. The van der Waals surface area contributed by atoms with Gasteiger partial charge in [0.2, 0.25) is 0 Å².